The molecule has 0 saturated carbocycles. The van der Waals surface area contributed by atoms with Crippen molar-refractivity contribution in [3.05, 3.63) is 176 Å². The molecule has 0 fully saturated rings. The lowest BCUT2D eigenvalue weighted by Crippen LogP contribution is -2.00. The number of hydrogen-bond donors (Lipinski definition) is 0. The highest BCUT2D eigenvalue weighted by molar-refractivity contribution is 6.22. The van der Waals surface area contributed by atoms with Gasteiger partial charge >= 0.3 is 0 Å². The van der Waals surface area contributed by atoms with Crippen LogP contribution in [0.15, 0.2) is 180 Å². The highest BCUT2D eigenvalue weighted by atomic mass is 16.3. The van der Waals surface area contributed by atoms with Gasteiger partial charge in [-0.05, 0) is 74.1 Å². The van der Waals surface area contributed by atoms with Gasteiger partial charge in [-0.1, -0.05) is 146 Å². The predicted octanol–water partition coefficient (Wildman–Crippen LogP) is 12.4. The molecule has 0 unspecified atom stereocenters. The topological polar surface area (TPSA) is 51.8 Å². The summed E-state index contributed by atoms with van der Waals surface area (Å²) in [6.45, 7) is 0. The van der Waals surface area contributed by atoms with Gasteiger partial charge in [0, 0.05) is 27.5 Å². The molecular weight excluding hydrogens is 623 g/mol. The van der Waals surface area contributed by atoms with Crippen LogP contribution in [0.1, 0.15) is 0 Å². The smallest absolute Gasteiger partial charge is 0.164 e. The Hall–Kier alpha value is -6.91. The van der Waals surface area contributed by atoms with Crippen molar-refractivity contribution in [2.45, 2.75) is 0 Å². The van der Waals surface area contributed by atoms with Gasteiger partial charge in [-0.2, -0.15) is 0 Å². The van der Waals surface area contributed by atoms with E-state index in [1.54, 1.807) is 0 Å². The van der Waals surface area contributed by atoms with Crippen LogP contribution < -0.4 is 0 Å². The van der Waals surface area contributed by atoms with Crippen LogP contribution in [0, 0.1) is 0 Å². The Morgan fingerprint density at radius 1 is 0.314 bits per heavy atom. The molecule has 238 valence electrons. The van der Waals surface area contributed by atoms with Crippen LogP contribution in [0.4, 0.5) is 0 Å². The molecule has 10 rings (SSSR count). The lowest BCUT2D eigenvalue weighted by atomic mass is 9.93. The van der Waals surface area contributed by atoms with Gasteiger partial charge in [0.05, 0.1) is 0 Å². The second-order valence-corrected chi connectivity index (χ2v) is 12.8. The number of benzene rings is 8. The van der Waals surface area contributed by atoms with Crippen molar-refractivity contribution in [2.24, 2.45) is 0 Å². The zero-order chi connectivity index (χ0) is 33.7. The summed E-state index contributed by atoms with van der Waals surface area (Å²) >= 11 is 0. The Labute approximate surface area is 294 Å². The number of rotatable bonds is 5. The van der Waals surface area contributed by atoms with Gasteiger partial charge < -0.3 is 4.42 Å². The summed E-state index contributed by atoms with van der Waals surface area (Å²) in [6, 6.07) is 61.1. The van der Waals surface area contributed by atoms with Crippen molar-refractivity contribution in [1.29, 1.82) is 0 Å². The maximum Gasteiger partial charge on any atom is 0.164 e. The molecule has 4 heteroatoms. The zero-order valence-electron chi connectivity index (χ0n) is 27.5. The third kappa shape index (κ3) is 5.13. The van der Waals surface area contributed by atoms with Crippen LogP contribution in [0.5, 0.6) is 0 Å². The SMILES string of the molecule is c1ccc(-c2nc(-c3ccccc3)nc(-c3ccc4oc5cc(-c6ccc(-c7ccc8ccccc8c7)cc6)c6ccccc6c5c4c3)n2)cc1. The molecular formula is C47H29N3O. The van der Waals surface area contributed by atoms with E-state index in [4.69, 9.17) is 19.4 Å². The first-order valence-corrected chi connectivity index (χ1v) is 17.1. The summed E-state index contributed by atoms with van der Waals surface area (Å²) < 4.78 is 6.58. The Morgan fingerprint density at radius 3 is 1.57 bits per heavy atom. The third-order valence-corrected chi connectivity index (χ3v) is 9.71. The van der Waals surface area contributed by atoms with Crippen LogP contribution >= 0.6 is 0 Å². The number of aromatic nitrogens is 3. The number of fused-ring (bicyclic) bond motifs is 6. The maximum absolute atomic E-state index is 6.58. The molecule has 0 radical (unpaired) electrons. The van der Waals surface area contributed by atoms with E-state index in [0.29, 0.717) is 17.5 Å². The average Bonchev–Trinajstić information content (AvgIpc) is 3.59. The molecule has 10 aromatic rings. The van der Waals surface area contributed by atoms with Crippen molar-refractivity contribution in [2.75, 3.05) is 0 Å². The molecule has 0 saturated heterocycles. The normalized spacial score (nSPS) is 11.5. The molecule has 4 nitrogen and oxygen atoms in total. The average molecular weight is 652 g/mol. The van der Waals surface area contributed by atoms with Gasteiger partial charge in [-0.3, -0.25) is 0 Å². The maximum atomic E-state index is 6.58. The van der Waals surface area contributed by atoms with E-state index < -0.39 is 0 Å². The zero-order valence-corrected chi connectivity index (χ0v) is 27.5. The van der Waals surface area contributed by atoms with Crippen molar-refractivity contribution >= 4 is 43.5 Å². The predicted molar refractivity (Wildman–Crippen MR) is 209 cm³/mol. The summed E-state index contributed by atoms with van der Waals surface area (Å²) in [5.74, 6) is 1.89. The monoisotopic (exact) mass is 651 g/mol. The molecule has 0 aliphatic carbocycles. The van der Waals surface area contributed by atoms with Gasteiger partial charge in [0.15, 0.2) is 17.5 Å². The molecule has 0 amide bonds. The number of furan rings is 1. The van der Waals surface area contributed by atoms with Crippen molar-refractivity contribution < 1.29 is 4.42 Å². The van der Waals surface area contributed by atoms with Gasteiger partial charge in [0.25, 0.3) is 0 Å². The van der Waals surface area contributed by atoms with Crippen molar-refractivity contribution in [3.8, 4) is 56.4 Å². The van der Waals surface area contributed by atoms with Crippen LogP contribution in [-0.4, -0.2) is 15.0 Å². The number of nitrogens with zero attached hydrogens (tertiary/aromatic N) is 3. The highest BCUT2D eigenvalue weighted by Crippen LogP contribution is 2.41. The quantitative estimate of drug-likeness (QED) is 0.186. The molecule has 51 heavy (non-hydrogen) atoms. The molecule has 0 N–H and O–H groups in total. The first kappa shape index (κ1) is 29.0. The molecule has 0 aliphatic rings. The lowest BCUT2D eigenvalue weighted by Gasteiger charge is -2.10. The summed E-state index contributed by atoms with van der Waals surface area (Å²) in [5.41, 5.74) is 9.14. The minimum atomic E-state index is 0.617. The third-order valence-electron chi connectivity index (χ3n) is 9.71. The minimum absolute atomic E-state index is 0.617. The van der Waals surface area contributed by atoms with Crippen LogP contribution in [0.3, 0.4) is 0 Å². The van der Waals surface area contributed by atoms with Crippen LogP contribution in [0.25, 0.3) is 99.9 Å². The van der Waals surface area contributed by atoms with E-state index in [9.17, 15) is 0 Å². The molecule has 8 aromatic carbocycles. The van der Waals surface area contributed by atoms with Gasteiger partial charge in [0.1, 0.15) is 11.2 Å². The van der Waals surface area contributed by atoms with E-state index >= 15 is 0 Å². The highest BCUT2D eigenvalue weighted by Gasteiger charge is 2.18. The second-order valence-electron chi connectivity index (χ2n) is 12.8. The molecule has 0 spiro atoms. The van der Waals surface area contributed by atoms with Crippen molar-refractivity contribution in [1.82, 2.24) is 15.0 Å². The first-order chi connectivity index (χ1) is 25.2. The summed E-state index contributed by atoms with van der Waals surface area (Å²) in [4.78, 5) is 14.8. The van der Waals surface area contributed by atoms with E-state index in [0.717, 1.165) is 55.1 Å². The Balaban J connectivity index is 1.10. The Kier molecular flexibility index (Phi) is 6.78. The molecule has 2 aromatic heterocycles. The molecule has 0 aliphatic heterocycles. The standard InChI is InChI=1S/C47H29N3O/c1-3-12-33(13-4-1)45-48-46(34-14-5-2-6-15-34)50-47(49-45)37-25-26-42-41(28-37)44-39-18-10-9-17-38(39)40(29-43(44)51-42)32-22-19-31(20-23-32)36-24-21-30-11-7-8-16-35(30)27-36/h1-29H. The number of hydrogen-bond acceptors (Lipinski definition) is 4. The van der Waals surface area contributed by atoms with Crippen LogP contribution in [-0.2, 0) is 0 Å². The van der Waals surface area contributed by atoms with Gasteiger partial charge in [-0.15, -0.1) is 0 Å². The fourth-order valence-electron chi connectivity index (χ4n) is 7.17. The fraction of sp³-hybridized carbons (Fsp3) is 0. The summed E-state index contributed by atoms with van der Waals surface area (Å²) in [7, 11) is 0. The molecule has 0 atom stereocenters. The molecule has 0 bridgehead atoms. The van der Waals surface area contributed by atoms with Crippen molar-refractivity contribution in [3.63, 3.8) is 0 Å². The fourth-order valence-corrected chi connectivity index (χ4v) is 7.17. The largest absolute Gasteiger partial charge is 0.456 e. The van der Waals surface area contributed by atoms with E-state index in [2.05, 4.69) is 103 Å². The summed E-state index contributed by atoms with van der Waals surface area (Å²) in [5, 5.41) is 6.92. The van der Waals surface area contributed by atoms with E-state index in [1.807, 2.05) is 72.8 Å². The Bertz CT molecular complexity index is 2840. The van der Waals surface area contributed by atoms with E-state index in [1.165, 1.54) is 27.3 Å². The van der Waals surface area contributed by atoms with Crippen LogP contribution in [0.2, 0.25) is 0 Å². The Morgan fingerprint density at radius 2 is 0.863 bits per heavy atom. The second kappa shape index (κ2) is 11.9. The minimum Gasteiger partial charge on any atom is -0.456 e. The first-order valence-electron chi connectivity index (χ1n) is 17.1. The summed E-state index contributed by atoms with van der Waals surface area (Å²) in [6.07, 6.45) is 0. The van der Waals surface area contributed by atoms with E-state index in [-0.39, 0.29) is 0 Å². The van der Waals surface area contributed by atoms with Gasteiger partial charge in [-0.25, -0.2) is 15.0 Å². The van der Waals surface area contributed by atoms with Gasteiger partial charge in [0.2, 0.25) is 0 Å². The lowest BCUT2D eigenvalue weighted by molar-refractivity contribution is 0.669. The molecule has 2 heterocycles.